The van der Waals surface area contributed by atoms with Gasteiger partial charge in [-0.3, -0.25) is 9.59 Å². The van der Waals surface area contributed by atoms with Crippen LogP contribution in [0.15, 0.2) is 12.1 Å². The lowest BCUT2D eigenvalue weighted by atomic mass is 9.96. The third kappa shape index (κ3) is 3.27. The number of carbonyl (C=O) groups is 2. The van der Waals surface area contributed by atoms with Crippen molar-refractivity contribution >= 4 is 11.9 Å². The van der Waals surface area contributed by atoms with Crippen LogP contribution < -0.4 is 0 Å². The Bertz CT molecular complexity index is 659. The number of benzene rings is 1. The van der Waals surface area contributed by atoms with Crippen molar-refractivity contribution in [1.82, 2.24) is 4.90 Å². The highest BCUT2D eigenvalue weighted by Crippen LogP contribution is 2.38. The SMILES string of the molecule is Cc1cc(F)c(C(=O)N2C[C@@H](C(F)(F)F)[C@H](C(=O)O)C2)cc1F. The van der Waals surface area contributed by atoms with E-state index in [4.69, 9.17) is 5.11 Å². The topological polar surface area (TPSA) is 57.6 Å². The Morgan fingerprint density at radius 3 is 2.26 bits per heavy atom. The van der Waals surface area contributed by atoms with Crippen LogP contribution in [0.4, 0.5) is 22.0 Å². The van der Waals surface area contributed by atoms with Crippen LogP contribution in [0, 0.1) is 30.4 Å². The van der Waals surface area contributed by atoms with Gasteiger partial charge in [0, 0.05) is 13.1 Å². The minimum absolute atomic E-state index is 0.0583. The highest BCUT2D eigenvalue weighted by atomic mass is 19.4. The standard InChI is InChI=1S/C14H12F5NO3/c1-6-2-11(16)7(3-10(6)15)12(21)20-4-8(13(22)23)9(5-20)14(17,18)19/h2-3,8-9H,4-5H2,1H3,(H,22,23)/t8-,9-/m1/s1. The molecule has 0 spiro atoms. The van der Waals surface area contributed by atoms with Crippen molar-refractivity contribution in [3.8, 4) is 0 Å². The largest absolute Gasteiger partial charge is 0.481 e. The average Bonchev–Trinajstić information content (AvgIpc) is 2.87. The molecule has 1 aliphatic rings. The Labute approximate surface area is 127 Å². The first-order chi connectivity index (χ1) is 10.5. The van der Waals surface area contributed by atoms with Crippen LogP contribution >= 0.6 is 0 Å². The molecule has 1 heterocycles. The number of nitrogens with zero attached hydrogens (tertiary/aromatic N) is 1. The highest BCUT2D eigenvalue weighted by Gasteiger charge is 2.53. The van der Waals surface area contributed by atoms with Crippen LogP contribution in [0.3, 0.4) is 0 Å². The highest BCUT2D eigenvalue weighted by molar-refractivity contribution is 5.95. The Kier molecular flexibility index (Phi) is 4.32. The number of carboxylic acid groups (broad SMARTS) is 1. The smallest absolute Gasteiger partial charge is 0.394 e. The van der Waals surface area contributed by atoms with Crippen LogP contribution in [0.5, 0.6) is 0 Å². The zero-order chi connectivity index (χ0) is 17.5. The molecule has 0 radical (unpaired) electrons. The van der Waals surface area contributed by atoms with Gasteiger partial charge < -0.3 is 10.0 Å². The number of alkyl halides is 3. The number of rotatable bonds is 2. The fourth-order valence-corrected chi connectivity index (χ4v) is 2.53. The van der Waals surface area contributed by atoms with Crippen molar-refractivity contribution in [2.75, 3.05) is 13.1 Å². The first-order valence-electron chi connectivity index (χ1n) is 6.56. The molecule has 1 amide bonds. The third-order valence-corrected chi connectivity index (χ3v) is 3.82. The van der Waals surface area contributed by atoms with Crippen LogP contribution in [-0.2, 0) is 4.79 Å². The first-order valence-corrected chi connectivity index (χ1v) is 6.56. The van der Waals surface area contributed by atoms with E-state index in [1.54, 1.807) is 0 Å². The van der Waals surface area contributed by atoms with Crippen molar-refractivity contribution in [1.29, 1.82) is 0 Å². The number of carbonyl (C=O) groups excluding carboxylic acids is 1. The summed E-state index contributed by atoms with van der Waals surface area (Å²) in [6, 6.07) is 1.36. The van der Waals surface area contributed by atoms with E-state index in [0.29, 0.717) is 11.0 Å². The van der Waals surface area contributed by atoms with E-state index in [2.05, 4.69) is 0 Å². The van der Waals surface area contributed by atoms with Gasteiger partial charge in [-0.2, -0.15) is 13.2 Å². The normalized spacial score (nSPS) is 21.6. The molecule has 126 valence electrons. The Morgan fingerprint density at radius 2 is 1.78 bits per heavy atom. The summed E-state index contributed by atoms with van der Waals surface area (Å²) in [5.74, 6) is -8.90. The second-order valence-electron chi connectivity index (χ2n) is 5.38. The lowest BCUT2D eigenvalue weighted by Crippen LogP contribution is -2.34. The van der Waals surface area contributed by atoms with Crippen molar-refractivity contribution < 1.29 is 36.6 Å². The van der Waals surface area contributed by atoms with Gasteiger partial charge in [-0.15, -0.1) is 0 Å². The van der Waals surface area contributed by atoms with Crippen LogP contribution in [0.1, 0.15) is 15.9 Å². The molecule has 1 aliphatic heterocycles. The molecule has 0 unspecified atom stereocenters. The number of aliphatic carboxylic acids is 1. The molecule has 9 heteroatoms. The predicted molar refractivity (Wildman–Crippen MR) is 67.7 cm³/mol. The van der Waals surface area contributed by atoms with Gasteiger partial charge in [0.25, 0.3) is 5.91 Å². The molecule has 23 heavy (non-hydrogen) atoms. The number of carboxylic acids is 1. The van der Waals surface area contributed by atoms with Gasteiger partial charge in [-0.05, 0) is 24.6 Å². The molecule has 4 nitrogen and oxygen atoms in total. The first kappa shape index (κ1) is 17.2. The summed E-state index contributed by atoms with van der Waals surface area (Å²) in [7, 11) is 0. The van der Waals surface area contributed by atoms with Crippen molar-refractivity contribution in [3.05, 3.63) is 34.9 Å². The van der Waals surface area contributed by atoms with E-state index in [1.165, 1.54) is 6.92 Å². The van der Waals surface area contributed by atoms with Gasteiger partial charge in [0.05, 0.1) is 17.4 Å². The van der Waals surface area contributed by atoms with Crippen molar-refractivity contribution in [2.45, 2.75) is 13.1 Å². The molecule has 0 aromatic heterocycles. The molecular formula is C14H12F5NO3. The lowest BCUT2D eigenvalue weighted by Gasteiger charge is -2.18. The zero-order valence-corrected chi connectivity index (χ0v) is 11.8. The second-order valence-corrected chi connectivity index (χ2v) is 5.38. The zero-order valence-electron chi connectivity index (χ0n) is 11.8. The predicted octanol–water partition coefficient (Wildman–Crippen LogP) is 2.61. The molecule has 1 fully saturated rings. The molecule has 2 rings (SSSR count). The Morgan fingerprint density at radius 1 is 1.17 bits per heavy atom. The van der Waals surface area contributed by atoms with E-state index < -0.39 is 60.2 Å². The summed E-state index contributed by atoms with van der Waals surface area (Å²) in [5, 5.41) is 8.88. The maximum atomic E-state index is 13.8. The van der Waals surface area contributed by atoms with E-state index in [0.717, 1.165) is 6.07 Å². The fraction of sp³-hybridized carbons (Fsp3) is 0.429. The van der Waals surface area contributed by atoms with Crippen molar-refractivity contribution in [2.24, 2.45) is 11.8 Å². The van der Waals surface area contributed by atoms with Gasteiger partial charge in [-0.1, -0.05) is 0 Å². The van der Waals surface area contributed by atoms with Crippen LogP contribution in [0.25, 0.3) is 0 Å². The molecule has 1 aromatic carbocycles. The number of likely N-dealkylation sites (tertiary alicyclic amines) is 1. The van der Waals surface area contributed by atoms with Gasteiger partial charge >= 0.3 is 12.1 Å². The monoisotopic (exact) mass is 337 g/mol. The van der Waals surface area contributed by atoms with Crippen molar-refractivity contribution in [3.63, 3.8) is 0 Å². The van der Waals surface area contributed by atoms with E-state index in [1.807, 2.05) is 0 Å². The average molecular weight is 337 g/mol. The number of amides is 1. The Hall–Kier alpha value is -2.19. The van der Waals surface area contributed by atoms with Crippen LogP contribution in [0.2, 0.25) is 0 Å². The summed E-state index contributed by atoms with van der Waals surface area (Å²) in [4.78, 5) is 23.7. The van der Waals surface area contributed by atoms with Gasteiger partial charge in [0.15, 0.2) is 0 Å². The third-order valence-electron chi connectivity index (χ3n) is 3.82. The molecule has 1 saturated heterocycles. The molecule has 1 aromatic rings. The molecule has 0 bridgehead atoms. The van der Waals surface area contributed by atoms with E-state index in [9.17, 15) is 31.5 Å². The van der Waals surface area contributed by atoms with E-state index in [-0.39, 0.29) is 5.56 Å². The molecule has 0 saturated carbocycles. The second kappa shape index (κ2) is 5.78. The molecule has 0 aliphatic carbocycles. The summed E-state index contributed by atoms with van der Waals surface area (Å²) in [5.41, 5.74) is -0.780. The summed E-state index contributed by atoms with van der Waals surface area (Å²) in [6.07, 6.45) is -4.81. The minimum Gasteiger partial charge on any atom is -0.481 e. The number of hydrogen-bond acceptors (Lipinski definition) is 2. The fourth-order valence-electron chi connectivity index (χ4n) is 2.53. The summed E-state index contributed by atoms with van der Waals surface area (Å²) >= 11 is 0. The molecular weight excluding hydrogens is 325 g/mol. The summed E-state index contributed by atoms with van der Waals surface area (Å²) in [6.45, 7) is -0.357. The Balaban J connectivity index is 2.31. The lowest BCUT2D eigenvalue weighted by molar-refractivity contribution is -0.187. The molecule has 2 atom stereocenters. The quantitative estimate of drug-likeness (QED) is 0.844. The van der Waals surface area contributed by atoms with Crippen LogP contribution in [-0.4, -0.2) is 41.1 Å². The number of halogens is 5. The number of hydrogen-bond donors (Lipinski definition) is 1. The maximum Gasteiger partial charge on any atom is 0.394 e. The van der Waals surface area contributed by atoms with Gasteiger partial charge in [0.2, 0.25) is 0 Å². The summed E-state index contributed by atoms with van der Waals surface area (Å²) < 4.78 is 65.8. The number of aryl methyl sites for hydroxylation is 1. The maximum absolute atomic E-state index is 13.8. The minimum atomic E-state index is -4.81. The van der Waals surface area contributed by atoms with Gasteiger partial charge in [0.1, 0.15) is 11.6 Å². The molecule has 1 N–H and O–H groups in total. The van der Waals surface area contributed by atoms with E-state index >= 15 is 0 Å². The van der Waals surface area contributed by atoms with Gasteiger partial charge in [-0.25, -0.2) is 8.78 Å².